The zero-order valence-electron chi connectivity index (χ0n) is 29.7. The zero-order chi connectivity index (χ0) is 35.0. The number of hydrogen-bond donors (Lipinski definition) is 3. The quantitative estimate of drug-likeness (QED) is 0.126. The molecule has 0 aromatic heterocycles. The molecule has 3 N–H and O–H groups in total. The Morgan fingerprint density at radius 1 is 0.308 bits per heavy atom. The van der Waals surface area contributed by atoms with E-state index in [1.54, 1.807) is 0 Å². The van der Waals surface area contributed by atoms with E-state index in [1.807, 2.05) is 0 Å². The fourth-order valence-electron chi connectivity index (χ4n) is 9.93. The molecule has 0 radical (unpaired) electrons. The molecule has 0 spiro atoms. The fourth-order valence-corrected chi connectivity index (χ4v) is 14.7. The molecule has 0 aliphatic heterocycles. The minimum absolute atomic E-state index is 0.179. The van der Waals surface area contributed by atoms with Crippen molar-refractivity contribution in [3.63, 3.8) is 0 Å². The fraction of sp³-hybridized carbons (Fsp3) is 0.125. The molecule has 3 atom stereocenters. The van der Waals surface area contributed by atoms with Gasteiger partial charge in [0.15, 0.2) is 8.07 Å². The number of nitrogens with one attached hydrogen (secondary N) is 3. The van der Waals surface area contributed by atoms with Crippen molar-refractivity contribution in [2.45, 2.75) is 18.1 Å². The molecular weight excluding hydrogens is 647 g/mol. The molecule has 0 amide bonds. The number of hydrogen-bond acceptors (Lipinski definition) is 3. The van der Waals surface area contributed by atoms with Gasteiger partial charge >= 0.3 is 0 Å². The Balaban J connectivity index is 1.31. The lowest BCUT2D eigenvalue weighted by Gasteiger charge is -2.36. The average Bonchev–Trinajstić information content (AvgIpc) is 3.83. The minimum atomic E-state index is -2.95. The van der Waals surface area contributed by atoms with Crippen LogP contribution in [-0.2, 0) is 0 Å². The van der Waals surface area contributed by atoms with E-state index in [1.165, 1.54) is 87.5 Å². The van der Waals surface area contributed by atoms with Crippen LogP contribution in [0.25, 0.3) is 33.4 Å². The minimum Gasteiger partial charge on any atom is -0.309 e. The van der Waals surface area contributed by atoms with Crippen molar-refractivity contribution < 1.29 is 0 Å². The van der Waals surface area contributed by atoms with Gasteiger partial charge < -0.3 is 16.0 Å². The molecule has 3 aliphatic rings. The molecule has 0 saturated carbocycles. The van der Waals surface area contributed by atoms with E-state index in [2.05, 4.69) is 195 Å². The largest absolute Gasteiger partial charge is 0.309 e. The summed E-state index contributed by atoms with van der Waals surface area (Å²) < 4.78 is 0. The van der Waals surface area contributed by atoms with Crippen molar-refractivity contribution in [3.05, 3.63) is 191 Å². The molecule has 3 aliphatic carbocycles. The zero-order valence-corrected chi connectivity index (χ0v) is 30.7. The first-order chi connectivity index (χ1) is 25.7. The van der Waals surface area contributed by atoms with Crippen molar-refractivity contribution in [2.24, 2.45) is 0 Å². The molecule has 0 unspecified atom stereocenters. The Morgan fingerprint density at radius 2 is 0.615 bits per heavy atom. The summed E-state index contributed by atoms with van der Waals surface area (Å²) in [4.78, 5) is 0. The highest BCUT2D eigenvalue weighted by Crippen LogP contribution is 2.46. The first-order valence-electron chi connectivity index (χ1n) is 18.5. The lowest BCUT2D eigenvalue weighted by Crippen LogP contribution is -2.74. The molecule has 3 nitrogen and oxygen atoms in total. The molecule has 0 heterocycles. The first kappa shape index (κ1) is 31.4. The van der Waals surface area contributed by atoms with E-state index in [0.29, 0.717) is 0 Å². The van der Waals surface area contributed by atoms with Crippen molar-refractivity contribution in [1.82, 2.24) is 16.0 Å². The predicted octanol–water partition coefficient (Wildman–Crippen LogP) is 6.93. The summed E-state index contributed by atoms with van der Waals surface area (Å²) in [7, 11) is 3.29. The number of benzene rings is 7. The normalized spacial score (nSPS) is 17.6. The summed E-state index contributed by atoms with van der Waals surface area (Å²) in [6.07, 6.45) is 0. The molecule has 52 heavy (non-hydrogen) atoms. The molecule has 7 aromatic rings. The SMILES string of the molecule is CN[C@@H]1c2ccccc2-c2cc([Si](c3ccccc3)(c3ccc4c(c3)-c3ccccc3[C@H]4NC)c3ccc4c(c3)-c3ccccc3[C@@H]4NC)ccc21. The molecule has 0 bridgehead atoms. The van der Waals surface area contributed by atoms with Gasteiger partial charge in [0, 0.05) is 0 Å². The Hall–Kier alpha value is -5.36. The molecule has 252 valence electrons. The van der Waals surface area contributed by atoms with E-state index in [0.717, 1.165) is 0 Å². The molecule has 7 aromatic carbocycles. The second kappa shape index (κ2) is 12.1. The topological polar surface area (TPSA) is 36.1 Å². The van der Waals surface area contributed by atoms with Gasteiger partial charge in [-0.2, -0.15) is 0 Å². The van der Waals surface area contributed by atoms with E-state index < -0.39 is 8.07 Å². The Morgan fingerprint density at radius 3 is 0.962 bits per heavy atom. The predicted molar refractivity (Wildman–Crippen MR) is 219 cm³/mol. The van der Waals surface area contributed by atoms with Crippen LogP contribution in [0.4, 0.5) is 0 Å². The van der Waals surface area contributed by atoms with Crippen LogP contribution < -0.4 is 36.7 Å². The molecule has 0 saturated heterocycles. The Kier molecular flexibility index (Phi) is 7.31. The molecule has 10 rings (SSSR count). The van der Waals surface area contributed by atoms with Gasteiger partial charge in [0.1, 0.15) is 0 Å². The highest BCUT2D eigenvalue weighted by Gasteiger charge is 2.45. The standard InChI is InChI=1S/C48H41N3Si/c1-49-46-37-18-10-7-15-34(37)43-27-31(21-24-40(43)46)52(30-13-5-4-6-14-30,32-22-25-41-44(28-32)35-16-8-11-19-38(35)47(41)50-2)33-23-26-42-45(29-33)36-17-9-12-20-39(36)48(42)51-3/h4-29,46-51H,1-3H3/t46-,47-,48+/m1/s1. The third kappa shape index (κ3) is 4.30. The van der Waals surface area contributed by atoms with Gasteiger partial charge in [0.25, 0.3) is 0 Å². The van der Waals surface area contributed by atoms with Gasteiger partial charge in [-0.1, -0.05) is 158 Å². The average molecular weight is 688 g/mol. The van der Waals surface area contributed by atoms with Gasteiger partial charge in [-0.15, -0.1) is 0 Å². The van der Waals surface area contributed by atoms with Gasteiger partial charge in [-0.3, -0.25) is 0 Å². The molecule has 0 fully saturated rings. The van der Waals surface area contributed by atoms with Crippen molar-refractivity contribution in [3.8, 4) is 33.4 Å². The summed E-state index contributed by atoms with van der Waals surface area (Å²) in [6.45, 7) is 0. The summed E-state index contributed by atoms with van der Waals surface area (Å²) in [6, 6.07) is 61.0. The molecular formula is C48H41N3Si. The van der Waals surface area contributed by atoms with Crippen LogP contribution in [0.15, 0.2) is 158 Å². The third-order valence-electron chi connectivity index (χ3n) is 12.2. The van der Waals surface area contributed by atoms with Gasteiger partial charge in [-0.25, -0.2) is 0 Å². The highest BCUT2D eigenvalue weighted by molar-refractivity contribution is 7.20. The van der Waals surface area contributed by atoms with Crippen molar-refractivity contribution >= 4 is 28.8 Å². The van der Waals surface area contributed by atoms with Crippen LogP contribution in [-0.4, -0.2) is 29.2 Å². The monoisotopic (exact) mass is 687 g/mol. The number of fused-ring (bicyclic) bond motifs is 9. The lowest BCUT2D eigenvalue weighted by molar-refractivity contribution is 0.708. The van der Waals surface area contributed by atoms with Gasteiger partial charge in [0.05, 0.1) is 18.1 Å². The van der Waals surface area contributed by atoms with Gasteiger partial charge in [0.2, 0.25) is 0 Å². The maximum absolute atomic E-state index is 3.62. The van der Waals surface area contributed by atoms with Gasteiger partial charge in [-0.05, 0) is 109 Å². The maximum Gasteiger partial charge on any atom is 0.179 e. The second-order valence-corrected chi connectivity index (χ2v) is 18.3. The van der Waals surface area contributed by atoms with Crippen LogP contribution in [0, 0.1) is 0 Å². The van der Waals surface area contributed by atoms with Crippen LogP contribution in [0.2, 0.25) is 0 Å². The van der Waals surface area contributed by atoms with Crippen LogP contribution in [0.5, 0.6) is 0 Å². The van der Waals surface area contributed by atoms with Crippen molar-refractivity contribution in [1.29, 1.82) is 0 Å². The van der Waals surface area contributed by atoms with Crippen molar-refractivity contribution in [2.75, 3.05) is 21.1 Å². The van der Waals surface area contributed by atoms with E-state index >= 15 is 0 Å². The van der Waals surface area contributed by atoms with Crippen LogP contribution in [0.3, 0.4) is 0 Å². The second-order valence-electron chi connectivity index (χ2n) is 14.4. The Bertz CT molecular complexity index is 2270. The van der Waals surface area contributed by atoms with E-state index in [-0.39, 0.29) is 18.1 Å². The van der Waals surface area contributed by atoms with E-state index in [9.17, 15) is 0 Å². The maximum atomic E-state index is 3.62. The van der Waals surface area contributed by atoms with E-state index in [4.69, 9.17) is 0 Å². The number of rotatable bonds is 7. The Labute approximate surface area is 307 Å². The summed E-state index contributed by atoms with van der Waals surface area (Å²) in [5.41, 5.74) is 16.1. The summed E-state index contributed by atoms with van der Waals surface area (Å²) in [5.74, 6) is 0. The van der Waals surface area contributed by atoms with Crippen LogP contribution in [0.1, 0.15) is 51.5 Å². The molecule has 4 heteroatoms. The smallest absolute Gasteiger partial charge is 0.179 e. The first-order valence-corrected chi connectivity index (χ1v) is 20.5. The lowest BCUT2D eigenvalue weighted by atomic mass is 10.1. The third-order valence-corrected chi connectivity index (χ3v) is 16.9. The van der Waals surface area contributed by atoms with Crippen LogP contribution >= 0.6 is 0 Å². The summed E-state index contributed by atoms with van der Waals surface area (Å²) in [5, 5.41) is 16.5. The highest BCUT2D eigenvalue weighted by atomic mass is 28.3. The summed E-state index contributed by atoms with van der Waals surface area (Å²) >= 11 is 0.